The van der Waals surface area contributed by atoms with Gasteiger partial charge >= 0.3 is 0 Å². The van der Waals surface area contributed by atoms with Crippen molar-refractivity contribution in [3.05, 3.63) is 35.5 Å². The largest absolute Gasteiger partial charge is 0.372 e. The van der Waals surface area contributed by atoms with E-state index in [1.165, 1.54) is 24.1 Å². The van der Waals surface area contributed by atoms with Crippen molar-refractivity contribution in [2.24, 2.45) is 0 Å². The SMILES string of the molecule is CCCCCNc1cc(C)nc(Nc2ccc(N(CC)CC)cc2C)n1. The van der Waals surface area contributed by atoms with E-state index in [0.29, 0.717) is 5.95 Å². The van der Waals surface area contributed by atoms with Crippen LogP contribution in [0.25, 0.3) is 0 Å². The Labute approximate surface area is 158 Å². The predicted molar refractivity (Wildman–Crippen MR) is 113 cm³/mol. The van der Waals surface area contributed by atoms with E-state index in [1.54, 1.807) is 0 Å². The monoisotopic (exact) mass is 355 g/mol. The molecule has 0 aliphatic heterocycles. The highest BCUT2D eigenvalue weighted by atomic mass is 15.1. The fourth-order valence-electron chi connectivity index (χ4n) is 3.00. The zero-order chi connectivity index (χ0) is 18.9. The molecular weight excluding hydrogens is 322 g/mol. The molecule has 2 aromatic rings. The zero-order valence-electron chi connectivity index (χ0n) is 16.9. The molecule has 0 aliphatic carbocycles. The Balaban J connectivity index is 2.11. The highest BCUT2D eigenvalue weighted by Gasteiger charge is 2.08. The van der Waals surface area contributed by atoms with Crippen LogP contribution < -0.4 is 15.5 Å². The van der Waals surface area contributed by atoms with Crippen LogP contribution in [0.15, 0.2) is 24.3 Å². The second-order valence-corrected chi connectivity index (χ2v) is 6.65. The van der Waals surface area contributed by atoms with Gasteiger partial charge in [0, 0.05) is 42.8 Å². The molecule has 142 valence electrons. The first kappa shape index (κ1) is 20.0. The quantitative estimate of drug-likeness (QED) is 0.568. The zero-order valence-corrected chi connectivity index (χ0v) is 16.9. The Hall–Kier alpha value is -2.30. The standard InChI is InChI=1S/C21H33N5/c1-6-9-10-13-22-20-15-17(5)23-21(25-20)24-19-12-11-18(14-16(19)4)26(7-2)8-3/h11-12,14-15H,6-10,13H2,1-5H3,(H2,22,23,24,25). The molecule has 2 N–H and O–H groups in total. The average Bonchev–Trinajstić information content (AvgIpc) is 2.62. The van der Waals surface area contributed by atoms with Crippen LogP contribution in [0.1, 0.15) is 51.3 Å². The molecule has 5 nitrogen and oxygen atoms in total. The van der Waals surface area contributed by atoms with Gasteiger partial charge in [0.05, 0.1) is 0 Å². The second-order valence-electron chi connectivity index (χ2n) is 6.65. The number of hydrogen-bond acceptors (Lipinski definition) is 5. The van der Waals surface area contributed by atoms with E-state index < -0.39 is 0 Å². The number of unbranched alkanes of at least 4 members (excludes halogenated alkanes) is 2. The highest BCUT2D eigenvalue weighted by molar-refractivity contribution is 5.64. The van der Waals surface area contributed by atoms with Crippen molar-refractivity contribution in [1.82, 2.24) is 9.97 Å². The third kappa shape index (κ3) is 5.61. The number of nitrogens with zero attached hydrogens (tertiary/aromatic N) is 3. The Morgan fingerprint density at radius 2 is 1.73 bits per heavy atom. The summed E-state index contributed by atoms with van der Waals surface area (Å²) in [6.45, 7) is 13.7. The lowest BCUT2D eigenvalue weighted by Gasteiger charge is -2.22. The molecule has 0 fully saturated rings. The summed E-state index contributed by atoms with van der Waals surface area (Å²) in [6.07, 6.45) is 3.62. The molecule has 26 heavy (non-hydrogen) atoms. The van der Waals surface area contributed by atoms with Gasteiger partial charge in [-0.3, -0.25) is 0 Å². The molecule has 0 radical (unpaired) electrons. The maximum Gasteiger partial charge on any atom is 0.229 e. The number of benzene rings is 1. The highest BCUT2D eigenvalue weighted by Crippen LogP contribution is 2.25. The van der Waals surface area contributed by atoms with Crippen molar-refractivity contribution in [3.8, 4) is 0 Å². The molecule has 0 atom stereocenters. The Kier molecular flexibility index (Phi) is 7.70. The second kappa shape index (κ2) is 10.00. The number of aromatic nitrogens is 2. The Morgan fingerprint density at radius 1 is 0.962 bits per heavy atom. The van der Waals surface area contributed by atoms with Gasteiger partial charge in [0.2, 0.25) is 5.95 Å². The van der Waals surface area contributed by atoms with Gasteiger partial charge < -0.3 is 15.5 Å². The molecule has 0 amide bonds. The Bertz CT molecular complexity index is 695. The molecule has 0 bridgehead atoms. The summed E-state index contributed by atoms with van der Waals surface area (Å²) in [4.78, 5) is 11.5. The fourth-order valence-corrected chi connectivity index (χ4v) is 3.00. The van der Waals surface area contributed by atoms with Crippen molar-refractivity contribution in [2.75, 3.05) is 35.2 Å². The smallest absolute Gasteiger partial charge is 0.229 e. The number of rotatable bonds is 10. The molecule has 0 aliphatic rings. The molecule has 2 rings (SSSR count). The summed E-state index contributed by atoms with van der Waals surface area (Å²) < 4.78 is 0. The van der Waals surface area contributed by atoms with Crippen molar-refractivity contribution < 1.29 is 0 Å². The minimum absolute atomic E-state index is 0.640. The van der Waals surface area contributed by atoms with Crippen LogP contribution in [0.4, 0.5) is 23.1 Å². The molecule has 1 aromatic carbocycles. The average molecular weight is 356 g/mol. The van der Waals surface area contributed by atoms with Crippen LogP contribution in [0.3, 0.4) is 0 Å². The minimum atomic E-state index is 0.640. The third-order valence-corrected chi connectivity index (χ3v) is 4.53. The lowest BCUT2D eigenvalue weighted by molar-refractivity contribution is 0.742. The lowest BCUT2D eigenvalue weighted by atomic mass is 10.1. The summed E-state index contributed by atoms with van der Waals surface area (Å²) in [5.41, 5.74) is 4.44. The fraction of sp³-hybridized carbons (Fsp3) is 0.524. The summed E-state index contributed by atoms with van der Waals surface area (Å²) in [7, 11) is 0. The van der Waals surface area contributed by atoms with E-state index in [4.69, 9.17) is 0 Å². The van der Waals surface area contributed by atoms with Gasteiger partial charge in [-0.2, -0.15) is 4.98 Å². The van der Waals surface area contributed by atoms with E-state index >= 15 is 0 Å². The van der Waals surface area contributed by atoms with Gasteiger partial charge in [0.1, 0.15) is 5.82 Å². The van der Waals surface area contributed by atoms with E-state index in [0.717, 1.165) is 43.3 Å². The first-order valence-electron chi connectivity index (χ1n) is 9.79. The van der Waals surface area contributed by atoms with E-state index in [2.05, 4.69) is 71.4 Å². The normalized spacial score (nSPS) is 10.7. The molecule has 0 saturated heterocycles. The molecular formula is C21H33N5. The number of hydrogen-bond donors (Lipinski definition) is 2. The van der Waals surface area contributed by atoms with E-state index in [9.17, 15) is 0 Å². The van der Waals surface area contributed by atoms with Crippen LogP contribution in [-0.2, 0) is 0 Å². The summed E-state index contributed by atoms with van der Waals surface area (Å²) in [6, 6.07) is 8.48. The lowest BCUT2D eigenvalue weighted by Crippen LogP contribution is -2.21. The van der Waals surface area contributed by atoms with Gasteiger partial charge in [-0.15, -0.1) is 0 Å². The predicted octanol–water partition coefficient (Wildman–Crippen LogP) is 5.29. The Morgan fingerprint density at radius 3 is 2.38 bits per heavy atom. The first-order valence-corrected chi connectivity index (χ1v) is 9.79. The van der Waals surface area contributed by atoms with Crippen LogP contribution in [0.5, 0.6) is 0 Å². The summed E-state index contributed by atoms with van der Waals surface area (Å²) in [5, 5.41) is 6.78. The van der Waals surface area contributed by atoms with Crippen LogP contribution >= 0.6 is 0 Å². The van der Waals surface area contributed by atoms with Crippen molar-refractivity contribution in [2.45, 2.75) is 53.9 Å². The van der Waals surface area contributed by atoms with Gasteiger partial charge in [-0.05, 0) is 57.9 Å². The topological polar surface area (TPSA) is 53.1 Å². The molecule has 0 unspecified atom stereocenters. The van der Waals surface area contributed by atoms with Gasteiger partial charge in [-0.1, -0.05) is 19.8 Å². The molecule has 0 saturated carbocycles. The van der Waals surface area contributed by atoms with Crippen LogP contribution in [0, 0.1) is 13.8 Å². The molecule has 5 heteroatoms. The van der Waals surface area contributed by atoms with Gasteiger partial charge in [0.25, 0.3) is 0 Å². The van der Waals surface area contributed by atoms with Crippen molar-refractivity contribution in [1.29, 1.82) is 0 Å². The number of anilines is 4. The van der Waals surface area contributed by atoms with Crippen LogP contribution in [-0.4, -0.2) is 29.6 Å². The number of nitrogens with one attached hydrogen (secondary N) is 2. The van der Waals surface area contributed by atoms with Crippen molar-refractivity contribution >= 4 is 23.1 Å². The summed E-state index contributed by atoms with van der Waals surface area (Å²) >= 11 is 0. The molecule has 1 aromatic heterocycles. The maximum atomic E-state index is 4.61. The summed E-state index contributed by atoms with van der Waals surface area (Å²) in [5.74, 6) is 1.52. The van der Waals surface area contributed by atoms with Crippen molar-refractivity contribution in [3.63, 3.8) is 0 Å². The maximum absolute atomic E-state index is 4.61. The number of aryl methyl sites for hydroxylation is 2. The van der Waals surface area contributed by atoms with E-state index in [-0.39, 0.29) is 0 Å². The van der Waals surface area contributed by atoms with E-state index in [1.807, 2.05) is 13.0 Å². The molecule has 1 heterocycles. The van der Waals surface area contributed by atoms with Gasteiger partial charge in [-0.25, -0.2) is 4.98 Å². The minimum Gasteiger partial charge on any atom is -0.372 e. The van der Waals surface area contributed by atoms with Gasteiger partial charge in [0.15, 0.2) is 0 Å². The first-order chi connectivity index (χ1) is 12.6. The van der Waals surface area contributed by atoms with Crippen LogP contribution in [0.2, 0.25) is 0 Å². The third-order valence-electron chi connectivity index (χ3n) is 4.53. The molecule has 0 spiro atoms.